The summed E-state index contributed by atoms with van der Waals surface area (Å²) in [5.74, 6) is 1.43. The lowest BCUT2D eigenvalue weighted by molar-refractivity contribution is -0.124. The van der Waals surface area contributed by atoms with Crippen LogP contribution in [0.25, 0.3) is 6.08 Å². The summed E-state index contributed by atoms with van der Waals surface area (Å²) in [6.07, 6.45) is 5.64. The van der Waals surface area contributed by atoms with E-state index in [0.29, 0.717) is 11.5 Å². The molecule has 0 atom stereocenters. The van der Waals surface area contributed by atoms with Crippen LogP contribution in [0.1, 0.15) is 18.4 Å². The Bertz CT molecular complexity index is 476. The zero-order chi connectivity index (χ0) is 13.7. The van der Waals surface area contributed by atoms with Crippen molar-refractivity contribution in [1.29, 1.82) is 0 Å². The van der Waals surface area contributed by atoms with Crippen molar-refractivity contribution in [2.24, 2.45) is 0 Å². The maximum absolute atomic E-state index is 11.9. The van der Waals surface area contributed by atoms with Crippen LogP contribution in [0.2, 0.25) is 0 Å². The number of hydrogen-bond donors (Lipinski definition) is 0. The molecule has 0 saturated carbocycles. The molecule has 1 aromatic carbocycles. The maximum atomic E-state index is 11.9. The Morgan fingerprint density at radius 3 is 2.47 bits per heavy atom. The zero-order valence-electron chi connectivity index (χ0n) is 11.4. The molecule has 102 valence electrons. The number of carbonyl (C=O) groups excluding carboxylic acids is 1. The first-order valence-corrected chi connectivity index (χ1v) is 6.43. The third-order valence-corrected chi connectivity index (χ3v) is 3.24. The summed E-state index contributed by atoms with van der Waals surface area (Å²) < 4.78 is 10.4. The number of amides is 1. The van der Waals surface area contributed by atoms with E-state index in [-0.39, 0.29) is 5.91 Å². The first kappa shape index (κ1) is 13.5. The number of hydrogen-bond acceptors (Lipinski definition) is 3. The van der Waals surface area contributed by atoms with E-state index in [1.807, 2.05) is 29.2 Å². The number of carbonyl (C=O) groups is 1. The molecule has 1 aromatic rings. The van der Waals surface area contributed by atoms with Gasteiger partial charge in [0, 0.05) is 19.2 Å². The van der Waals surface area contributed by atoms with E-state index in [1.54, 1.807) is 20.3 Å². The number of ether oxygens (including phenoxy) is 2. The van der Waals surface area contributed by atoms with Crippen molar-refractivity contribution in [2.45, 2.75) is 12.8 Å². The zero-order valence-corrected chi connectivity index (χ0v) is 11.4. The predicted molar refractivity (Wildman–Crippen MR) is 74.4 cm³/mol. The maximum Gasteiger partial charge on any atom is 0.246 e. The molecule has 0 radical (unpaired) electrons. The Kier molecular flexibility index (Phi) is 4.44. The van der Waals surface area contributed by atoms with Gasteiger partial charge in [-0.25, -0.2) is 0 Å². The van der Waals surface area contributed by atoms with Crippen molar-refractivity contribution < 1.29 is 14.3 Å². The molecule has 0 spiro atoms. The lowest BCUT2D eigenvalue weighted by atomic mass is 10.2. The van der Waals surface area contributed by atoms with Crippen molar-refractivity contribution >= 4 is 12.0 Å². The van der Waals surface area contributed by atoms with Crippen molar-refractivity contribution in [1.82, 2.24) is 4.90 Å². The van der Waals surface area contributed by atoms with Gasteiger partial charge in [-0.05, 0) is 36.6 Å². The highest BCUT2D eigenvalue weighted by Crippen LogP contribution is 2.28. The van der Waals surface area contributed by atoms with Gasteiger partial charge in [0.15, 0.2) is 11.5 Å². The molecule has 1 heterocycles. The van der Waals surface area contributed by atoms with Crippen LogP contribution in [0.15, 0.2) is 24.3 Å². The summed E-state index contributed by atoms with van der Waals surface area (Å²) in [5, 5.41) is 0. The Labute approximate surface area is 113 Å². The molecular weight excluding hydrogens is 242 g/mol. The van der Waals surface area contributed by atoms with Crippen LogP contribution in [-0.2, 0) is 4.79 Å². The highest BCUT2D eigenvalue weighted by molar-refractivity contribution is 5.92. The minimum atomic E-state index is 0.0762. The fraction of sp³-hybridized carbons (Fsp3) is 0.400. The van der Waals surface area contributed by atoms with Crippen LogP contribution in [0.4, 0.5) is 0 Å². The van der Waals surface area contributed by atoms with E-state index < -0.39 is 0 Å². The minimum absolute atomic E-state index is 0.0762. The van der Waals surface area contributed by atoms with Gasteiger partial charge in [0.25, 0.3) is 0 Å². The Hall–Kier alpha value is -1.97. The molecular formula is C15H19NO3. The Morgan fingerprint density at radius 2 is 1.84 bits per heavy atom. The van der Waals surface area contributed by atoms with Gasteiger partial charge < -0.3 is 14.4 Å². The van der Waals surface area contributed by atoms with E-state index in [2.05, 4.69) is 0 Å². The molecule has 0 unspecified atom stereocenters. The number of nitrogens with zero attached hydrogens (tertiary/aromatic N) is 1. The lowest BCUT2D eigenvalue weighted by Gasteiger charge is -2.12. The summed E-state index contributed by atoms with van der Waals surface area (Å²) >= 11 is 0. The van der Waals surface area contributed by atoms with E-state index in [1.165, 1.54) is 0 Å². The highest BCUT2D eigenvalue weighted by atomic mass is 16.5. The fourth-order valence-electron chi connectivity index (χ4n) is 2.17. The third-order valence-electron chi connectivity index (χ3n) is 3.24. The van der Waals surface area contributed by atoms with Crippen molar-refractivity contribution in [3.8, 4) is 11.5 Å². The van der Waals surface area contributed by atoms with Gasteiger partial charge in [-0.2, -0.15) is 0 Å². The summed E-state index contributed by atoms with van der Waals surface area (Å²) in [5.41, 5.74) is 0.921. The third kappa shape index (κ3) is 3.28. The first-order chi connectivity index (χ1) is 9.24. The summed E-state index contributed by atoms with van der Waals surface area (Å²) in [4.78, 5) is 13.8. The molecule has 1 amide bonds. The van der Waals surface area contributed by atoms with Crippen molar-refractivity contribution in [2.75, 3.05) is 27.3 Å². The SMILES string of the molecule is COc1ccc(/C=C/C(=O)N2CCCC2)cc1OC. The van der Waals surface area contributed by atoms with Crippen molar-refractivity contribution in [3.05, 3.63) is 29.8 Å². The standard InChI is InChI=1S/C15H19NO3/c1-18-13-7-5-12(11-14(13)19-2)6-8-15(17)16-9-3-4-10-16/h5-8,11H,3-4,9-10H2,1-2H3/b8-6+. The highest BCUT2D eigenvalue weighted by Gasteiger charge is 2.15. The number of rotatable bonds is 4. The molecule has 1 fully saturated rings. The second-order valence-corrected chi connectivity index (χ2v) is 4.48. The van der Waals surface area contributed by atoms with Crippen LogP contribution in [0, 0.1) is 0 Å². The molecule has 1 saturated heterocycles. The summed E-state index contributed by atoms with van der Waals surface area (Å²) in [7, 11) is 3.20. The molecule has 19 heavy (non-hydrogen) atoms. The second-order valence-electron chi connectivity index (χ2n) is 4.48. The van der Waals surface area contributed by atoms with Crippen LogP contribution in [0.3, 0.4) is 0 Å². The Morgan fingerprint density at radius 1 is 1.16 bits per heavy atom. The quantitative estimate of drug-likeness (QED) is 0.781. The van der Waals surface area contributed by atoms with Gasteiger partial charge in [-0.3, -0.25) is 4.79 Å². The van der Waals surface area contributed by atoms with E-state index in [9.17, 15) is 4.79 Å². The van der Waals surface area contributed by atoms with Gasteiger partial charge in [0.05, 0.1) is 14.2 Å². The molecule has 2 rings (SSSR count). The van der Waals surface area contributed by atoms with Crippen molar-refractivity contribution in [3.63, 3.8) is 0 Å². The minimum Gasteiger partial charge on any atom is -0.493 e. The number of methoxy groups -OCH3 is 2. The van der Waals surface area contributed by atoms with E-state index in [4.69, 9.17) is 9.47 Å². The average Bonchev–Trinajstić information content (AvgIpc) is 2.98. The molecule has 4 nitrogen and oxygen atoms in total. The molecule has 0 N–H and O–H groups in total. The van der Waals surface area contributed by atoms with Gasteiger partial charge in [0.2, 0.25) is 5.91 Å². The smallest absolute Gasteiger partial charge is 0.246 e. The predicted octanol–water partition coefficient (Wildman–Crippen LogP) is 2.34. The number of likely N-dealkylation sites (tertiary alicyclic amines) is 1. The second kappa shape index (κ2) is 6.27. The van der Waals surface area contributed by atoms with Crippen LogP contribution in [-0.4, -0.2) is 38.1 Å². The van der Waals surface area contributed by atoms with Crippen LogP contribution in [0.5, 0.6) is 11.5 Å². The van der Waals surface area contributed by atoms with Gasteiger partial charge >= 0.3 is 0 Å². The molecule has 4 heteroatoms. The first-order valence-electron chi connectivity index (χ1n) is 6.43. The molecule has 0 aliphatic carbocycles. The lowest BCUT2D eigenvalue weighted by Crippen LogP contribution is -2.25. The average molecular weight is 261 g/mol. The normalized spacial score (nSPS) is 14.9. The van der Waals surface area contributed by atoms with Gasteiger partial charge in [0.1, 0.15) is 0 Å². The molecule has 1 aliphatic rings. The Balaban J connectivity index is 2.07. The van der Waals surface area contributed by atoms with E-state index in [0.717, 1.165) is 31.5 Å². The topological polar surface area (TPSA) is 38.8 Å². The molecule has 1 aliphatic heterocycles. The number of benzene rings is 1. The van der Waals surface area contributed by atoms with Crippen LogP contribution < -0.4 is 9.47 Å². The molecule has 0 aromatic heterocycles. The summed E-state index contributed by atoms with van der Waals surface area (Å²) in [6, 6.07) is 5.58. The van der Waals surface area contributed by atoms with E-state index >= 15 is 0 Å². The summed E-state index contributed by atoms with van der Waals surface area (Å²) in [6.45, 7) is 1.74. The van der Waals surface area contributed by atoms with Gasteiger partial charge in [-0.1, -0.05) is 6.07 Å². The van der Waals surface area contributed by atoms with Gasteiger partial charge in [-0.15, -0.1) is 0 Å². The molecule has 0 bridgehead atoms. The monoisotopic (exact) mass is 261 g/mol. The largest absolute Gasteiger partial charge is 0.493 e. The van der Waals surface area contributed by atoms with Crippen LogP contribution >= 0.6 is 0 Å². The fourth-order valence-corrected chi connectivity index (χ4v) is 2.17.